The molecule has 2 rings (SSSR count). The summed E-state index contributed by atoms with van der Waals surface area (Å²) >= 11 is 2.10. The first kappa shape index (κ1) is 14.7. The third-order valence-corrected chi connectivity index (χ3v) is 5.89. The van der Waals surface area contributed by atoms with Crippen LogP contribution in [0.4, 0.5) is 0 Å². The van der Waals surface area contributed by atoms with Crippen LogP contribution >= 0.6 is 11.8 Å². The molecule has 1 N–H and O–H groups in total. The lowest BCUT2D eigenvalue weighted by Gasteiger charge is -2.50. The molecule has 106 valence electrons. The lowest BCUT2D eigenvalue weighted by Crippen LogP contribution is -2.65. The summed E-state index contributed by atoms with van der Waals surface area (Å²) in [6.07, 6.45) is 9.29. The summed E-state index contributed by atoms with van der Waals surface area (Å²) in [6, 6.07) is 1.57. The average molecular weight is 270 g/mol. The lowest BCUT2D eigenvalue weighted by atomic mass is 9.88. The molecule has 0 radical (unpaired) electrons. The SMILES string of the molecule is CCC1CNC(C)(C)CN1C1CCCCC1SC. The van der Waals surface area contributed by atoms with E-state index in [0.29, 0.717) is 0 Å². The van der Waals surface area contributed by atoms with E-state index in [0.717, 1.165) is 17.3 Å². The number of thioether (sulfide) groups is 1. The van der Waals surface area contributed by atoms with Crippen LogP contribution in [0.25, 0.3) is 0 Å². The molecule has 0 aromatic heterocycles. The first-order chi connectivity index (χ1) is 8.57. The summed E-state index contributed by atoms with van der Waals surface area (Å²) in [5.74, 6) is 0. The third-order valence-electron chi connectivity index (χ3n) is 4.73. The van der Waals surface area contributed by atoms with E-state index >= 15 is 0 Å². The summed E-state index contributed by atoms with van der Waals surface area (Å²) in [4.78, 5) is 2.84. The maximum atomic E-state index is 3.71. The molecule has 2 nitrogen and oxygen atoms in total. The maximum absolute atomic E-state index is 3.71. The standard InChI is InChI=1S/C15H30N2S/c1-5-12-10-16-15(2,3)11-17(12)13-8-6-7-9-14(13)18-4/h12-14,16H,5-11H2,1-4H3. The summed E-state index contributed by atoms with van der Waals surface area (Å²) in [5.41, 5.74) is 0.284. The second-order valence-corrected chi connectivity index (χ2v) is 7.70. The molecule has 1 heterocycles. The monoisotopic (exact) mass is 270 g/mol. The minimum Gasteiger partial charge on any atom is -0.309 e. The Labute approximate surface area is 117 Å². The zero-order chi connectivity index (χ0) is 13.2. The first-order valence-corrected chi connectivity index (χ1v) is 8.90. The molecule has 18 heavy (non-hydrogen) atoms. The van der Waals surface area contributed by atoms with Gasteiger partial charge in [-0.25, -0.2) is 0 Å². The van der Waals surface area contributed by atoms with Crippen molar-refractivity contribution >= 4 is 11.8 Å². The topological polar surface area (TPSA) is 15.3 Å². The smallest absolute Gasteiger partial charge is 0.0253 e. The van der Waals surface area contributed by atoms with Gasteiger partial charge in [0, 0.05) is 36.0 Å². The molecule has 0 bridgehead atoms. The highest BCUT2D eigenvalue weighted by Crippen LogP contribution is 2.34. The Morgan fingerprint density at radius 3 is 2.67 bits per heavy atom. The second kappa shape index (κ2) is 6.15. The molecule has 3 unspecified atom stereocenters. The molecule has 1 saturated carbocycles. The van der Waals surface area contributed by atoms with Gasteiger partial charge in [-0.3, -0.25) is 4.90 Å². The van der Waals surface area contributed by atoms with Gasteiger partial charge < -0.3 is 5.32 Å². The van der Waals surface area contributed by atoms with Crippen molar-refractivity contribution in [3.05, 3.63) is 0 Å². The second-order valence-electron chi connectivity index (χ2n) is 6.63. The van der Waals surface area contributed by atoms with Gasteiger partial charge in [-0.2, -0.15) is 11.8 Å². The predicted molar refractivity (Wildman–Crippen MR) is 82.4 cm³/mol. The van der Waals surface area contributed by atoms with Crippen molar-refractivity contribution in [2.45, 2.75) is 75.7 Å². The fraction of sp³-hybridized carbons (Fsp3) is 1.00. The van der Waals surface area contributed by atoms with E-state index in [-0.39, 0.29) is 5.54 Å². The first-order valence-electron chi connectivity index (χ1n) is 7.61. The molecule has 0 spiro atoms. The molecular weight excluding hydrogens is 240 g/mol. The van der Waals surface area contributed by atoms with Crippen LogP contribution < -0.4 is 5.32 Å². The van der Waals surface area contributed by atoms with E-state index in [1.165, 1.54) is 45.2 Å². The van der Waals surface area contributed by atoms with Crippen LogP contribution in [0.5, 0.6) is 0 Å². The van der Waals surface area contributed by atoms with Crippen LogP contribution in [-0.4, -0.2) is 47.1 Å². The van der Waals surface area contributed by atoms with Crippen molar-refractivity contribution in [2.75, 3.05) is 19.3 Å². The summed E-state index contributed by atoms with van der Waals surface area (Å²) in [7, 11) is 0. The Kier molecular flexibility index (Phi) is 5.01. The minimum atomic E-state index is 0.284. The van der Waals surface area contributed by atoms with Crippen molar-refractivity contribution in [1.29, 1.82) is 0 Å². The molecule has 0 aromatic rings. The van der Waals surface area contributed by atoms with Gasteiger partial charge in [0.05, 0.1) is 0 Å². The van der Waals surface area contributed by atoms with Gasteiger partial charge in [-0.05, 0) is 39.4 Å². The van der Waals surface area contributed by atoms with Crippen LogP contribution in [0.3, 0.4) is 0 Å². The van der Waals surface area contributed by atoms with Crippen molar-refractivity contribution in [1.82, 2.24) is 10.2 Å². The highest BCUT2D eigenvalue weighted by atomic mass is 32.2. The summed E-state index contributed by atoms with van der Waals surface area (Å²) in [6.45, 7) is 9.43. The van der Waals surface area contributed by atoms with Crippen molar-refractivity contribution in [3.63, 3.8) is 0 Å². The number of piperazine rings is 1. The number of hydrogen-bond acceptors (Lipinski definition) is 3. The van der Waals surface area contributed by atoms with Crippen LogP contribution in [0.2, 0.25) is 0 Å². The molecule has 0 aromatic carbocycles. The fourth-order valence-electron chi connectivity index (χ4n) is 3.65. The molecule has 1 aliphatic heterocycles. The molecule has 3 heteroatoms. The quantitative estimate of drug-likeness (QED) is 0.848. The van der Waals surface area contributed by atoms with E-state index in [1.54, 1.807) is 0 Å². The Morgan fingerprint density at radius 2 is 2.00 bits per heavy atom. The largest absolute Gasteiger partial charge is 0.309 e. The molecular formula is C15H30N2S. The van der Waals surface area contributed by atoms with Crippen molar-refractivity contribution in [3.8, 4) is 0 Å². The van der Waals surface area contributed by atoms with Crippen LogP contribution in [0, 0.1) is 0 Å². The van der Waals surface area contributed by atoms with Crippen molar-refractivity contribution < 1.29 is 0 Å². The van der Waals surface area contributed by atoms with Crippen LogP contribution in [0.15, 0.2) is 0 Å². The Bertz CT molecular complexity index is 267. The van der Waals surface area contributed by atoms with Gasteiger partial charge >= 0.3 is 0 Å². The summed E-state index contributed by atoms with van der Waals surface area (Å²) in [5, 5.41) is 4.58. The van der Waals surface area contributed by atoms with Gasteiger partial charge in [-0.1, -0.05) is 19.8 Å². The maximum Gasteiger partial charge on any atom is 0.0253 e. The average Bonchev–Trinajstić information content (AvgIpc) is 2.37. The van der Waals surface area contributed by atoms with Gasteiger partial charge in [0.15, 0.2) is 0 Å². The molecule has 1 aliphatic carbocycles. The Hall–Kier alpha value is 0.270. The van der Waals surface area contributed by atoms with Crippen LogP contribution in [-0.2, 0) is 0 Å². The highest BCUT2D eigenvalue weighted by molar-refractivity contribution is 7.99. The van der Waals surface area contributed by atoms with Gasteiger partial charge in [-0.15, -0.1) is 0 Å². The number of nitrogens with zero attached hydrogens (tertiary/aromatic N) is 1. The normalized spacial score (nSPS) is 37.7. The van der Waals surface area contributed by atoms with Crippen molar-refractivity contribution in [2.24, 2.45) is 0 Å². The molecule has 3 atom stereocenters. The van der Waals surface area contributed by atoms with E-state index in [9.17, 15) is 0 Å². The number of rotatable bonds is 3. The van der Waals surface area contributed by atoms with E-state index < -0.39 is 0 Å². The molecule has 2 fully saturated rings. The minimum absolute atomic E-state index is 0.284. The molecule has 0 amide bonds. The highest BCUT2D eigenvalue weighted by Gasteiger charge is 2.39. The van der Waals surface area contributed by atoms with Gasteiger partial charge in [0.2, 0.25) is 0 Å². The van der Waals surface area contributed by atoms with E-state index in [1.807, 2.05) is 0 Å². The van der Waals surface area contributed by atoms with Crippen LogP contribution in [0.1, 0.15) is 52.9 Å². The van der Waals surface area contributed by atoms with E-state index in [4.69, 9.17) is 0 Å². The zero-order valence-electron chi connectivity index (χ0n) is 12.5. The Morgan fingerprint density at radius 1 is 1.28 bits per heavy atom. The molecule has 2 aliphatic rings. The number of hydrogen-bond donors (Lipinski definition) is 1. The number of nitrogens with one attached hydrogen (secondary N) is 1. The van der Waals surface area contributed by atoms with E-state index in [2.05, 4.69) is 49.0 Å². The summed E-state index contributed by atoms with van der Waals surface area (Å²) < 4.78 is 0. The zero-order valence-corrected chi connectivity index (χ0v) is 13.4. The molecule has 1 saturated heterocycles. The lowest BCUT2D eigenvalue weighted by molar-refractivity contribution is 0.0393. The fourth-order valence-corrected chi connectivity index (χ4v) is 4.66. The predicted octanol–water partition coefficient (Wildman–Crippen LogP) is 3.12. The Balaban J connectivity index is 2.10. The third kappa shape index (κ3) is 3.23. The van der Waals surface area contributed by atoms with Gasteiger partial charge in [0.1, 0.15) is 0 Å². The van der Waals surface area contributed by atoms with Gasteiger partial charge in [0.25, 0.3) is 0 Å².